The molecule has 0 radical (unpaired) electrons. The Labute approximate surface area is 174 Å². The fraction of sp³-hybridized carbons (Fsp3) is 0.154. The summed E-state index contributed by atoms with van der Waals surface area (Å²) < 4.78 is 6.24. The molecule has 148 valence electrons. The van der Waals surface area contributed by atoms with Crippen molar-refractivity contribution in [3.05, 3.63) is 99.7 Å². The molecule has 4 heteroatoms. The summed E-state index contributed by atoms with van der Waals surface area (Å²) in [7, 11) is 0. The van der Waals surface area contributed by atoms with Crippen molar-refractivity contribution in [1.82, 2.24) is 0 Å². The molecule has 0 saturated heterocycles. The van der Waals surface area contributed by atoms with Crippen molar-refractivity contribution in [2.24, 2.45) is 0 Å². The van der Waals surface area contributed by atoms with Crippen molar-refractivity contribution in [2.45, 2.75) is 19.8 Å². The van der Waals surface area contributed by atoms with E-state index in [0.717, 1.165) is 24.1 Å². The van der Waals surface area contributed by atoms with Gasteiger partial charge in [0.05, 0.1) is 10.9 Å². The van der Waals surface area contributed by atoms with Crippen LogP contribution in [0.4, 0.5) is 5.69 Å². The van der Waals surface area contributed by atoms with Gasteiger partial charge >= 0.3 is 0 Å². The lowest BCUT2D eigenvalue weighted by atomic mass is 10.00. The Kier molecular flexibility index (Phi) is 4.47. The Hall–Kier alpha value is -3.66. The second-order valence-electron chi connectivity index (χ2n) is 7.62. The van der Waals surface area contributed by atoms with Gasteiger partial charge in [0, 0.05) is 23.4 Å². The SMILES string of the molecule is Cc1c(-c2ccccc2)oc2c(C(=O)N3CCCc4ccccc43)cccc2c1=O. The van der Waals surface area contributed by atoms with Crippen molar-refractivity contribution in [2.75, 3.05) is 11.4 Å². The average molecular weight is 395 g/mol. The summed E-state index contributed by atoms with van der Waals surface area (Å²) in [6.07, 6.45) is 1.87. The number of hydrogen-bond acceptors (Lipinski definition) is 3. The standard InChI is InChI=1S/C26H21NO3/c1-17-23(28)20-13-7-14-21(25(20)30-24(17)19-10-3-2-4-11-19)26(29)27-16-8-12-18-9-5-6-15-22(18)27/h2-7,9-11,13-15H,8,12,16H2,1H3. The van der Waals surface area contributed by atoms with Gasteiger partial charge in [-0.2, -0.15) is 0 Å². The fourth-order valence-electron chi connectivity index (χ4n) is 4.23. The minimum absolute atomic E-state index is 0.108. The molecule has 0 atom stereocenters. The van der Waals surface area contributed by atoms with E-state index < -0.39 is 0 Å². The molecule has 3 aromatic carbocycles. The van der Waals surface area contributed by atoms with Gasteiger partial charge in [0.25, 0.3) is 5.91 Å². The van der Waals surface area contributed by atoms with E-state index in [1.807, 2.05) is 48.5 Å². The maximum atomic E-state index is 13.6. The highest BCUT2D eigenvalue weighted by Gasteiger charge is 2.26. The maximum absolute atomic E-state index is 13.6. The lowest BCUT2D eigenvalue weighted by Gasteiger charge is -2.29. The number of carbonyl (C=O) groups excluding carboxylic acids is 1. The Morgan fingerprint density at radius 1 is 0.933 bits per heavy atom. The molecule has 4 nitrogen and oxygen atoms in total. The maximum Gasteiger partial charge on any atom is 0.262 e. The molecular formula is C26H21NO3. The summed E-state index contributed by atoms with van der Waals surface area (Å²) in [4.78, 5) is 28.5. The van der Waals surface area contributed by atoms with Crippen LogP contribution in [0.2, 0.25) is 0 Å². The zero-order valence-electron chi connectivity index (χ0n) is 16.7. The third kappa shape index (κ3) is 2.92. The molecule has 1 amide bonds. The van der Waals surface area contributed by atoms with Gasteiger partial charge in [-0.15, -0.1) is 0 Å². The second kappa shape index (κ2) is 7.30. The van der Waals surface area contributed by atoms with Crippen molar-refractivity contribution >= 4 is 22.6 Å². The first-order valence-corrected chi connectivity index (χ1v) is 10.2. The summed E-state index contributed by atoms with van der Waals surface area (Å²) in [6, 6.07) is 22.8. The molecule has 0 N–H and O–H groups in total. The van der Waals surface area contributed by atoms with Gasteiger partial charge in [0.1, 0.15) is 5.76 Å². The van der Waals surface area contributed by atoms with Crippen LogP contribution in [0.1, 0.15) is 27.9 Å². The van der Waals surface area contributed by atoms with E-state index in [2.05, 4.69) is 6.07 Å². The van der Waals surface area contributed by atoms with Crippen LogP contribution in [-0.2, 0) is 6.42 Å². The Morgan fingerprint density at radius 3 is 2.53 bits per heavy atom. The number of benzene rings is 3. The number of aryl methyl sites for hydroxylation is 1. The summed E-state index contributed by atoms with van der Waals surface area (Å²) in [5.74, 6) is 0.367. The highest BCUT2D eigenvalue weighted by atomic mass is 16.3. The average Bonchev–Trinajstić information content (AvgIpc) is 2.80. The molecule has 0 unspecified atom stereocenters. The van der Waals surface area contributed by atoms with Crippen molar-refractivity contribution in [1.29, 1.82) is 0 Å². The highest BCUT2D eigenvalue weighted by Crippen LogP contribution is 2.31. The Morgan fingerprint density at radius 2 is 1.70 bits per heavy atom. The minimum Gasteiger partial charge on any atom is -0.455 e. The number of rotatable bonds is 2. The van der Waals surface area contributed by atoms with E-state index in [4.69, 9.17) is 4.42 Å². The normalized spacial score (nSPS) is 13.3. The van der Waals surface area contributed by atoms with Gasteiger partial charge in [-0.05, 0) is 43.5 Å². The molecule has 5 rings (SSSR count). The summed E-state index contributed by atoms with van der Waals surface area (Å²) >= 11 is 0. The molecule has 0 fully saturated rings. The predicted octanol–water partition coefficient (Wildman–Crippen LogP) is 5.36. The zero-order chi connectivity index (χ0) is 20.7. The number of fused-ring (bicyclic) bond motifs is 2. The van der Waals surface area contributed by atoms with Crippen LogP contribution in [-0.4, -0.2) is 12.5 Å². The molecule has 0 aliphatic carbocycles. The summed E-state index contributed by atoms with van der Waals surface area (Å²) in [6.45, 7) is 2.41. The summed E-state index contributed by atoms with van der Waals surface area (Å²) in [5, 5.41) is 0.434. The van der Waals surface area contributed by atoms with Crippen LogP contribution in [0.15, 0.2) is 82.0 Å². The van der Waals surface area contributed by atoms with E-state index in [0.29, 0.717) is 34.4 Å². The number of hydrogen-bond donors (Lipinski definition) is 0. The third-order valence-electron chi connectivity index (χ3n) is 5.77. The van der Waals surface area contributed by atoms with Crippen molar-refractivity contribution in [3.8, 4) is 11.3 Å². The molecule has 4 aromatic rings. The van der Waals surface area contributed by atoms with Crippen LogP contribution >= 0.6 is 0 Å². The van der Waals surface area contributed by atoms with Gasteiger partial charge < -0.3 is 9.32 Å². The molecule has 0 spiro atoms. The third-order valence-corrected chi connectivity index (χ3v) is 5.77. The number of carbonyl (C=O) groups is 1. The first-order valence-electron chi connectivity index (χ1n) is 10.2. The smallest absolute Gasteiger partial charge is 0.262 e. The van der Waals surface area contributed by atoms with Gasteiger partial charge in [0.15, 0.2) is 11.0 Å². The van der Waals surface area contributed by atoms with Gasteiger partial charge in [0.2, 0.25) is 0 Å². The topological polar surface area (TPSA) is 50.5 Å². The van der Waals surface area contributed by atoms with Crippen LogP contribution in [0, 0.1) is 6.92 Å². The monoisotopic (exact) mass is 395 g/mol. The molecule has 1 aromatic heterocycles. The van der Waals surface area contributed by atoms with Crippen molar-refractivity contribution in [3.63, 3.8) is 0 Å². The molecule has 0 saturated carbocycles. The van der Waals surface area contributed by atoms with Crippen molar-refractivity contribution < 1.29 is 9.21 Å². The van der Waals surface area contributed by atoms with Gasteiger partial charge in [-0.25, -0.2) is 0 Å². The van der Waals surface area contributed by atoms with E-state index in [1.54, 1.807) is 30.0 Å². The van der Waals surface area contributed by atoms with Crippen LogP contribution in [0.3, 0.4) is 0 Å². The van der Waals surface area contributed by atoms with Gasteiger partial charge in [-0.3, -0.25) is 9.59 Å². The summed E-state index contributed by atoms with van der Waals surface area (Å²) in [5.41, 5.74) is 4.12. The minimum atomic E-state index is -0.140. The van der Waals surface area contributed by atoms with Crippen LogP contribution in [0.25, 0.3) is 22.3 Å². The van der Waals surface area contributed by atoms with E-state index in [-0.39, 0.29) is 11.3 Å². The number of para-hydroxylation sites is 2. The van der Waals surface area contributed by atoms with Crippen LogP contribution < -0.4 is 10.3 Å². The fourth-order valence-corrected chi connectivity index (χ4v) is 4.23. The molecule has 2 heterocycles. The first kappa shape index (κ1) is 18.4. The molecule has 1 aliphatic heterocycles. The molecule has 0 bridgehead atoms. The number of anilines is 1. The lowest BCUT2D eigenvalue weighted by Crippen LogP contribution is -2.35. The molecule has 1 aliphatic rings. The molecule has 30 heavy (non-hydrogen) atoms. The Bertz CT molecular complexity index is 1320. The predicted molar refractivity (Wildman–Crippen MR) is 119 cm³/mol. The number of nitrogens with zero attached hydrogens (tertiary/aromatic N) is 1. The first-order chi connectivity index (χ1) is 14.6. The molecular weight excluding hydrogens is 374 g/mol. The second-order valence-corrected chi connectivity index (χ2v) is 7.62. The van der Waals surface area contributed by atoms with Crippen LogP contribution in [0.5, 0.6) is 0 Å². The lowest BCUT2D eigenvalue weighted by molar-refractivity contribution is 0.0985. The quantitative estimate of drug-likeness (QED) is 0.459. The van der Waals surface area contributed by atoms with Gasteiger partial charge in [-0.1, -0.05) is 54.6 Å². The highest BCUT2D eigenvalue weighted by molar-refractivity contribution is 6.13. The number of amides is 1. The van der Waals surface area contributed by atoms with E-state index >= 15 is 0 Å². The van der Waals surface area contributed by atoms with E-state index in [1.165, 1.54) is 5.56 Å². The largest absolute Gasteiger partial charge is 0.455 e. The zero-order valence-corrected chi connectivity index (χ0v) is 16.7. The van der Waals surface area contributed by atoms with E-state index in [9.17, 15) is 9.59 Å². The Balaban J connectivity index is 1.70.